The number of carboxylic acids is 1. The summed E-state index contributed by atoms with van der Waals surface area (Å²) in [5.74, 6) is -0.834. The Morgan fingerprint density at radius 2 is 1.70 bits per heavy atom. The van der Waals surface area contributed by atoms with Gasteiger partial charge in [0, 0.05) is 6.54 Å². The van der Waals surface area contributed by atoms with E-state index in [-0.39, 0.29) is 0 Å². The molecule has 0 aliphatic carbocycles. The Morgan fingerprint density at radius 1 is 1.13 bits per heavy atom. The van der Waals surface area contributed by atoms with Crippen LogP contribution < -0.4 is 0 Å². The average molecular weight is 326 g/mol. The Labute approximate surface area is 140 Å². The SMILES string of the molecule is CCCCCCCCCCCC(C(=O)O)C1=NCCN1C(C)O. The number of aliphatic hydroxyl groups is 1. The summed E-state index contributed by atoms with van der Waals surface area (Å²) >= 11 is 0. The van der Waals surface area contributed by atoms with Gasteiger partial charge in [-0.1, -0.05) is 64.7 Å². The number of unbranched alkanes of at least 4 members (excludes halogenated alkanes) is 8. The number of aliphatic carboxylic acids is 1. The van der Waals surface area contributed by atoms with Crippen molar-refractivity contribution in [2.24, 2.45) is 10.9 Å². The maximum Gasteiger partial charge on any atom is 0.314 e. The van der Waals surface area contributed by atoms with E-state index in [0.717, 1.165) is 12.8 Å². The third kappa shape index (κ3) is 7.34. The van der Waals surface area contributed by atoms with Crippen LogP contribution in [0.1, 0.15) is 78.1 Å². The Kier molecular flexibility index (Phi) is 9.92. The van der Waals surface area contributed by atoms with Crippen molar-refractivity contribution in [2.75, 3.05) is 13.1 Å². The van der Waals surface area contributed by atoms with E-state index in [0.29, 0.717) is 25.3 Å². The maximum absolute atomic E-state index is 11.5. The first-order valence-corrected chi connectivity index (χ1v) is 9.29. The van der Waals surface area contributed by atoms with Crippen LogP contribution in [0.25, 0.3) is 0 Å². The monoisotopic (exact) mass is 326 g/mol. The van der Waals surface area contributed by atoms with Gasteiger partial charge in [-0.15, -0.1) is 0 Å². The minimum absolute atomic E-state index is 0.562. The summed E-state index contributed by atoms with van der Waals surface area (Å²) in [5, 5.41) is 19.2. The van der Waals surface area contributed by atoms with Gasteiger partial charge in [-0.3, -0.25) is 9.79 Å². The quantitative estimate of drug-likeness (QED) is 0.507. The summed E-state index contributed by atoms with van der Waals surface area (Å²) in [7, 11) is 0. The average Bonchev–Trinajstić information content (AvgIpc) is 2.98. The van der Waals surface area contributed by atoms with Gasteiger partial charge in [0.25, 0.3) is 0 Å². The predicted octanol–water partition coefficient (Wildman–Crippen LogP) is 3.66. The van der Waals surface area contributed by atoms with E-state index in [2.05, 4.69) is 11.9 Å². The third-order valence-electron chi connectivity index (χ3n) is 4.57. The summed E-state index contributed by atoms with van der Waals surface area (Å²) in [6, 6.07) is 0. The summed E-state index contributed by atoms with van der Waals surface area (Å²) < 4.78 is 0. The van der Waals surface area contributed by atoms with Crippen LogP contribution in [-0.2, 0) is 4.79 Å². The fourth-order valence-corrected chi connectivity index (χ4v) is 3.19. The lowest BCUT2D eigenvalue weighted by Crippen LogP contribution is -2.42. The van der Waals surface area contributed by atoms with Gasteiger partial charge < -0.3 is 15.1 Å². The smallest absolute Gasteiger partial charge is 0.314 e. The molecule has 23 heavy (non-hydrogen) atoms. The Bertz CT molecular complexity index is 369. The molecule has 0 aromatic rings. The number of aliphatic hydroxyl groups excluding tert-OH is 1. The largest absolute Gasteiger partial charge is 0.481 e. The number of nitrogens with zero attached hydrogens (tertiary/aromatic N) is 2. The Morgan fingerprint density at radius 3 is 2.22 bits per heavy atom. The molecule has 1 rings (SSSR count). The maximum atomic E-state index is 11.5. The molecule has 0 radical (unpaired) electrons. The number of carbonyl (C=O) groups is 1. The van der Waals surface area contributed by atoms with E-state index in [1.807, 2.05) is 0 Å². The zero-order valence-corrected chi connectivity index (χ0v) is 14.8. The molecule has 0 fully saturated rings. The second-order valence-electron chi connectivity index (χ2n) is 6.57. The molecule has 1 heterocycles. The van der Waals surface area contributed by atoms with E-state index in [1.165, 1.54) is 44.9 Å². The molecule has 0 bridgehead atoms. The van der Waals surface area contributed by atoms with Crippen molar-refractivity contribution in [3.8, 4) is 0 Å². The van der Waals surface area contributed by atoms with Crippen molar-refractivity contribution in [3.05, 3.63) is 0 Å². The van der Waals surface area contributed by atoms with Gasteiger partial charge in [0.15, 0.2) is 0 Å². The molecule has 0 spiro atoms. The molecule has 0 aromatic carbocycles. The number of hydrogen-bond acceptors (Lipinski definition) is 4. The molecule has 2 atom stereocenters. The van der Waals surface area contributed by atoms with Crippen LogP contribution in [0.4, 0.5) is 0 Å². The van der Waals surface area contributed by atoms with Crippen molar-refractivity contribution < 1.29 is 15.0 Å². The number of rotatable bonds is 13. The van der Waals surface area contributed by atoms with Crippen LogP contribution in [0.5, 0.6) is 0 Å². The number of hydrogen-bond donors (Lipinski definition) is 2. The van der Waals surface area contributed by atoms with Gasteiger partial charge in [0.1, 0.15) is 18.0 Å². The van der Waals surface area contributed by atoms with Crippen molar-refractivity contribution in [3.63, 3.8) is 0 Å². The Balaban J connectivity index is 2.23. The van der Waals surface area contributed by atoms with E-state index in [4.69, 9.17) is 0 Å². The topological polar surface area (TPSA) is 73.1 Å². The molecule has 0 aromatic heterocycles. The van der Waals surface area contributed by atoms with Crippen molar-refractivity contribution in [1.29, 1.82) is 0 Å². The molecule has 5 heteroatoms. The molecule has 0 saturated heterocycles. The summed E-state index contributed by atoms with van der Waals surface area (Å²) in [6.45, 7) is 5.10. The predicted molar refractivity (Wildman–Crippen MR) is 93.7 cm³/mol. The zero-order chi connectivity index (χ0) is 17.1. The number of amidine groups is 1. The molecule has 0 saturated carbocycles. The van der Waals surface area contributed by atoms with Gasteiger partial charge in [0.2, 0.25) is 0 Å². The summed E-state index contributed by atoms with van der Waals surface area (Å²) in [6.07, 6.45) is 11.0. The highest BCUT2D eigenvalue weighted by Crippen LogP contribution is 2.20. The summed E-state index contributed by atoms with van der Waals surface area (Å²) in [4.78, 5) is 17.6. The zero-order valence-electron chi connectivity index (χ0n) is 14.8. The van der Waals surface area contributed by atoms with Gasteiger partial charge >= 0.3 is 5.97 Å². The van der Waals surface area contributed by atoms with Crippen LogP contribution in [0, 0.1) is 5.92 Å². The highest BCUT2D eigenvalue weighted by atomic mass is 16.4. The van der Waals surface area contributed by atoms with Crippen LogP contribution in [0.3, 0.4) is 0 Å². The fourth-order valence-electron chi connectivity index (χ4n) is 3.19. The Hall–Kier alpha value is -1.10. The molecule has 1 aliphatic rings. The van der Waals surface area contributed by atoms with E-state index in [1.54, 1.807) is 11.8 Å². The fraction of sp³-hybridized carbons (Fsp3) is 0.889. The number of carboxylic acid groups (broad SMARTS) is 1. The molecule has 2 N–H and O–H groups in total. The second-order valence-corrected chi connectivity index (χ2v) is 6.57. The third-order valence-corrected chi connectivity index (χ3v) is 4.57. The summed E-state index contributed by atoms with van der Waals surface area (Å²) in [5.41, 5.74) is 0. The van der Waals surface area contributed by atoms with Crippen molar-refractivity contribution >= 4 is 11.8 Å². The minimum atomic E-state index is -0.823. The van der Waals surface area contributed by atoms with Gasteiger partial charge in [-0.25, -0.2) is 0 Å². The molecule has 0 amide bonds. The number of aliphatic imine (C=N–C) groups is 1. The second kappa shape index (κ2) is 11.4. The normalized spacial score (nSPS) is 17.2. The van der Waals surface area contributed by atoms with Gasteiger partial charge in [-0.2, -0.15) is 0 Å². The van der Waals surface area contributed by atoms with Gasteiger partial charge in [-0.05, 0) is 13.3 Å². The van der Waals surface area contributed by atoms with Crippen LogP contribution >= 0.6 is 0 Å². The molecule has 2 unspecified atom stereocenters. The van der Waals surface area contributed by atoms with E-state index in [9.17, 15) is 15.0 Å². The first-order chi connectivity index (χ1) is 11.1. The van der Waals surface area contributed by atoms with Crippen molar-refractivity contribution in [2.45, 2.75) is 84.3 Å². The molecule has 5 nitrogen and oxygen atoms in total. The van der Waals surface area contributed by atoms with E-state index < -0.39 is 18.1 Å². The van der Waals surface area contributed by atoms with Crippen LogP contribution in [-0.4, -0.2) is 46.2 Å². The molecule has 1 aliphatic heterocycles. The first kappa shape index (κ1) is 19.9. The van der Waals surface area contributed by atoms with E-state index >= 15 is 0 Å². The highest BCUT2D eigenvalue weighted by Gasteiger charge is 2.32. The first-order valence-electron chi connectivity index (χ1n) is 9.29. The lowest BCUT2D eigenvalue weighted by molar-refractivity contribution is -0.139. The molecular weight excluding hydrogens is 292 g/mol. The van der Waals surface area contributed by atoms with Crippen LogP contribution in [0.15, 0.2) is 4.99 Å². The minimum Gasteiger partial charge on any atom is -0.481 e. The molecular formula is C18H34N2O3. The van der Waals surface area contributed by atoms with Gasteiger partial charge in [0.05, 0.1) is 6.54 Å². The molecule has 134 valence electrons. The standard InChI is InChI=1S/C18H34N2O3/c1-3-4-5-6-7-8-9-10-11-12-16(18(22)23)17-19-13-14-20(17)15(2)21/h15-16,21H,3-14H2,1-2H3,(H,22,23). The van der Waals surface area contributed by atoms with Crippen molar-refractivity contribution in [1.82, 2.24) is 4.90 Å². The van der Waals surface area contributed by atoms with Crippen LogP contribution in [0.2, 0.25) is 0 Å². The lowest BCUT2D eigenvalue weighted by Gasteiger charge is -2.26. The highest BCUT2D eigenvalue weighted by molar-refractivity contribution is 6.01. The lowest BCUT2D eigenvalue weighted by atomic mass is 9.98.